The Bertz CT molecular complexity index is 1370. The lowest BCUT2D eigenvalue weighted by atomic mass is 9.92. The summed E-state index contributed by atoms with van der Waals surface area (Å²) >= 11 is 0. The van der Waals surface area contributed by atoms with Crippen molar-refractivity contribution in [3.8, 4) is 17.4 Å². The molecular formula is C29H28F3N3O4. The Kier molecular flexibility index (Phi) is 6.96. The van der Waals surface area contributed by atoms with E-state index in [9.17, 15) is 22.8 Å². The molecule has 2 fully saturated rings. The molecule has 1 aliphatic carbocycles. The molecule has 2 amide bonds. The van der Waals surface area contributed by atoms with Gasteiger partial charge in [0.1, 0.15) is 17.1 Å². The molecule has 204 valence electrons. The van der Waals surface area contributed by atoms with Gasteiger partial charge in [0.25, 0.3) is 11.8 Å². The Balaban J connectivity index is 1.13. The third kappa shape index (κ3) is 5.69. The molecule has 1 saturated heterocycles. The van der Waals surface area contributed by atoms with Crippen LogP contribution in [0, 0.1) is 12.3 Å². The minimum Gasteiger partial charge on any atom is -0.480 e. The van der Waals surface area contributed by atoms with Crippen molar-refractivity contribution >= 4 is 11.8 Å². The van der Waals surface area contributed by atoms with Crippen molar-refractivity contribution in [2.45, 2.75) is 38.4 Å². The third-order valence-corrected chi connectivity index (χ3v) is 7.50. The Morgan fingerprint density at radius 3 is 2.18 bits per heavy atom. The van der Waals surface area contributed by atoms with E-state index in [0.717, 1.165) is 37.1 Å². The molecule has 2 aliphatic rings. The van der Waals surface area contributed by atoms with Gasteiger partial charge in [-0.15, -0.1) is 0 Å². The second-order valence-corrected chi connectivity index (χ2v) is 10.0. The van der Waals surface area contributed by atoms with Crippen molar-refractivity contribution < 1.29 is 32.2 Å². The number of nitrogens with zero attached hydrogens (tertiary/aromatic N) is 2. The van der Waals surface area contributed by atoms with Crippen LogP contribution >= 0.6 is 0 Å². The highest BCUT2D eigenvalue weighted by molar-refractivity contribution is 5.96. The van der Waals surface area contributed by atoms with E-state index in [1.165, 1.54) is 19.2 Å². The molecule has 1 saturated carbocycles. The number of aryl methyl sites for hydroxylation is 1. The lowest BCUT2D eigenvalue weighted by Crippen LogP contribution is -2.42. The molecule has 2 heterocycles. The molecule has 39 heavy (non-hydrogen) atoms. The molecule has 0 radical (unpaired) electrons. The molecule has 7 nitrogen and oxygen atoms in total. The largest absolute Gasteiger partial charge is 0.480 e. The number of likely N-dealkylation sites (tertiary alicyclic amines) is 1. The van der Waals surface area contributed by atoms with Gasteiger partial charge in [-0.3, -0.25) is 9.59 Å². The number of hydrogen-bond acceptors (Lipinski definition) is 5. The van der Waals surface area contributed by atoms with E-state index in [2.05, 4.69) is 10.3 Å². The van der Waals surface area contributed by atoms with Gasteiger partial charge < -0.3 is 19.7 Å². The van der Waals surface area contributed by atoms with Crippen molar-refractivity contribution in [2.75, 3.05) is 20.2 Å². The minimum absolute atomic E-state index is 0.00627. The minimum atomic E-state index is -4.41. The first kappa shape index (κ1) is 26.5. The summed E-state index contributed by atoms with van der Waals surface area (Å²) in [6.07, 6.45) is -1.95. The third-order valence-electron chi connectivity index (χ3n) is 7.50. The Morgan fingerprint density at radius 2 is 1.59 bits per heavy atom. The van der Waals surface area contributed by atoms with E-state index in [-0.39, 0.29) is 29.0 Å². The molecule has 0 bridgehead atoms. The van der Waals surface area contributed by atoms with E-state index in [1.54, 1.807) is 36.4 Å². The summed E-state index contributed by atoms with van der Waals surface area (Å²) < 4.78 is 49.1. The molecule has 1 atom stereocenters. The number of hydrogen-bond donors (Lipinski definition) is 1. The van der Waals surface area contributed by atoms with Gasteiger partial charge in [0, 0.05) is 30.4 Å². The number of ether oxygens (including phenoxy) is 2. The van der Waals surface area contributed by atoms with Crippen LogP contribution < -0.4 is 14.8 Å². The van der Waals surface area contributed by atoms with E-state index >= 15 is 0 Å². The maximum atomic E-state index is 13.0. The second-order valence-electron chi connectivity index (χ2n) is 10.0. The van der Waals surface area contributed by atoms with Crippen LogP contribution in [0.5, 0.6) is 17.4 Å². The number of methoxy groups -OCH3 is 1. The van der Waals surface area contributed by atoms with E-state index < -0.39 is 11.7 Å². The topological polar surface area (TPSA) is 80.8 Å². The van der Waals surface area contributed by atoms with Crippen LogP contribution in [0.3, 0.4) is 0 Å². The van der Waals surface area contributed by atoms with Crippen LogP contribution in [-0.2, 0) is 6.18 Å². The number of halogens is 3. The van der Waals surface area contributed by atoms with Crippen LogP contribution in [0.25, 0.3) is 0 Å². The fourth-order valence-corrected chi connectivity index (χ4v) is 5.05. The fourth-order valence-electron chi connectivity index (χ4n) is 5.05. The van der Waals surface area contributed by atoms with E-state index in [1.807, 2.05) is 11.8 Å². The number of nitrogens with one attached hydrogen (secondary N) is 1. The molecular weight excluding hydrogens is 511 g/mol. The van der Waals surface area contributed by atoms with Crippen LogP contribution in [0.4, 0.5) is 13.2 Å². The highest BCUT2D eigenvalue weighted by Crippen LogP contribution is 2.54. The summed E-state index contributed by atoms with van der Waals surface area (Å²) in [6, 6.07) is 14.4. The van der Waals surface area contributed by atoms with E-state index in [4.69, 9.17) is 9.47 Å². The maximum absolute atomic E-state index is 13.0. The first-order chi connectivity index (χ1) is 18.6. The van der Waals surface area contributed by atoms with Gasteiger partial charge in [0.05, 0.1) is 12.7 Å². The highest BCUT2D eigenvalue weighted by atomic mass is 19.4. The Hall–Kier alpha value is -4.08. The first-order valence-corrected chi connectivity index (χ1v) is 12.6. The average molecular weight is 540 g/mol. The van der Waals surface area contributed by atoms with Gasteiger partial charge in [-0.1, -0.05) is 0 Å². The molecule has 5 rings (SSSR count). The van der Waals surface area contributed by atoms with Gasteiger partial charge in [0.2, 0.25) is 5.88 Å². The number of carbonyl (C=O) groups excluding carboxylic acids is 2. The molecule has 2 aromatic carbocycles. The zero-order chi connectivity index (χ0) is 27.8. The Labute approximate surface area is 223 Å². The lowest BCUT2D eigenvalue weighted by Gasteiger charge is -2.33. The number of piperidine rings is 1. The molecule has 10 heteroatoms. The summed E-state index contributed by atoms with van der Waals surface area (Å²) in [5.74, 6) is 0.697. The van der Waals surface area contributed by atoms with Crippen molar-refractivity contribution in [1.82, 2.24) is 15.2 Å². The molecule has 1 N–H and O–H groups in total. The molecule has 1 aromatic heterocycles. The number of aromatic nitrogens is 1. The number of benzene rings is 2. The van der Waals surface area contributed by atoms with Crippen LogP contribution in [-0.4, -0.2) is 47.9 Å². The number of carbonyl (C=O) groups is 2. The van der Waals surface area contributed by atoms with E-state index in [0.29, 0.717) is 35.8 Å². The number of pyridine rings is 1. The average Bonchev–Trinajstić information content (AvgIpc) is 3.58. The first-order valence-electron chi connectivity index (χ1n) is 12.6. The van der Waals surface area contributed by atoms with Crippen LogP contribution in [0.1, 0.15) is 51.2 Å². The summed E-state index contributed by atoms with van der Waals surface area (Å²) in [7, 11) is 1.50. The van der Waals surface area contributed by atoms with Crippen molar-refractivity contribution in [1.29, 1.82) is 0 Å². The molecule has 1 spiro atoms. The summed E-state index contributed by atoms with van der Waals surface area (Å²) in [4.78, 5) is 32.0. The maximum Gasteiger partial charge on any atom is 0.416 e. The summed E-state index contributed by atoms with van der Waals surface area (Å²) in [6.45, 7) is 3.03. The zero-order valence-electron chi connectivity index (χ0n) is 21.5. The Morgan fingerprint density at radius 1 is 0.974 bits per heavy atom. The summed E-state index contributed by atoms with van der Waals surface area (Å²) in [5.41, 5.74) is 0.932. The number of rotatable bonds is 6. The van der Waals surface area contributed by atoms with Crippen molar-refractivity contribution in [3.63, 3.8) is 0 Å². The lowest BCUT2D eigenvalue weighted by molar-refractivity contribution is -0.137. The highest BCUT2D eigenvalue weighted by Gasteiger charge is 2.56. The van der Waals surface area contributed by atoms with Gasteiger partial charge in [0.15, 0.2) is 0 Å². The van der Waals surface area contributed by atoms with Gasteiger partial charge in [-0.25, -0.2) is 4.98 Å². The summed E-state index contributed by atoms with van der Waals surface area (Å²) in [5, 5.41) is 3.10. The van der Waals surface area contributed by atoms with Crippen LogP contribution in [0.2, 0.25) is 0 Å². The molecule has 3 aromatic rings. The van der Waals surface area contributed by atoms with Crippen molar-refractivity contribution in [3.05, 3.63) is 83.0 Å². The SMILES string of the molecule is COc1nc(C)ccc1C(=O)N1CCC2(CC1)CC2NC(=O)c1ccc(Oc2ccc(C(F)(F)F)cc2)cc1. The second kappa shape index (κ2) is 10.2. The van der Waals surface area contributed by atoms with Crippen molar-refractivity contribution in [2.24, 2.45) is 5.41 Å². The predicted octanol–water partition coefficient (Wildman–Crippen LogP) is 5.63. The van der Waals surface area contributed by atoms with Gasteiger partial charge in [-0.2, -0.15) is 13.2 Å². The monoisotopic (exact) mass is 539 g/mol. The predicted molar refractivity (Wildman–Crippen MR) is 137 cm³/mol. The standard InChI is InChI=1S/C29H28F3N3O4/c1-18-3-12-23(26(33-18)38-2)27(37)35-15-13-28(14-16-35)17-24(28)34-25(36)19-4-8-21(9-5-19)39-22-10-6-20(7-11-22)29(30,31)32/h3-12,24H,13-17H2,1-2H3,(H,34,36). The van der Waals surface area contributed by atoms with Gasteiger partial charge >= 0.3 is 6.18 Å². The smallest absolute Gasteiger partial charge is 0.416 e. The zero-order valence-corrected chi connectivity index (χ0v) is 21.5. The number of alkyl halides is 3. The van der Waals surface area contributed by atoms with Gasteiger partial charge in [-0.05, 0) is 92.3 Å². The quantitative estimate of drug-likeness (QED) is 0.439. The number of amides is 2. The molecule has 1 aliphatic heterocycles. The molecule has 1 unspecified atom stereocenters. The normalized spacial score (nSPS) is 18.0. The van der Waals surface area contributed by atoms with Crippen LogP contribution in [0.15, 0.2) is 60.7 Å². The fraction of sp³-hybridized carbons (Fsp3) is 0.345.